The summed E-state index contributed by atoms with van der Waals surface area (Å²) in [6.07, 6.45) is 4.52. The number of aryl methyl sites for hydroxylation is 2. The number of fused-ring (bicyclic) bond motifs is 2. The van der Waals surface area contributed by atoms with Gasteiger partial charge in [0.05, 0.1) is 16.3 Å². The van der Waals surface area contributed by atoms with E-state index in [1.54, 1.807) is 11.3 Å². The van der Waals surface area contributed by atoms with Gasteiger partial charge in [0, 0.05) is 18.0 Å². The molecule has 0 spiro atoms. The Bertz CT molecular complexity index is 796. The maximum absolute atomic E-state index is 11.9. The zero-order valence-corrected chi connectivity index (χ0v) is 12.0. The molecule has 0 unspecified atom stereocenters. The van der Waals surface area contributed by atoms with Crippen LogP contribution in [0.15, 0.2) is 11.6 Å². The first kappa shape index (κ1) is 11.3. The number of aromatic nitrogens is 3. The fourth-order valence-corrected chi connectivity index (χ4v) is 4.45. The summed E-state index contributed by atoms with van der Waals surface area (Å²) in [5.74, 6) is 0.244. The number of hydrogen-bond donors (Lipinski definition) is 0. The number of carbonyl (C=O) groups is 1. The van der Waals surface area contributed by atoms with E-state index in [1.807, 2.05) is 18.5 Å². The number of hydrogen-bond acceptors (Lipinski definition) is 5. The fraction of sp³-hybridized carbons (Fsp3) is 0.308. The van der Waals surface area contributed by atoms with Crippen LogP contribution in [0.1, 0.15) is 33.9 Å². The van der Waals surface area contributed by atoms with Crippen LogP contribution in [0.2, 0.25) is 0 Å². The Kier molecular flexibility index (Phi) is 2.37. The van der Waals surface area contributed by atoms with E-state index >= 15 is 0 Å². The molecule has 0 aromatic carbocycles. The molecule has 3 aromatic rings. The topological polar surface area (TPSA) is 47.3 Å². The summed E-state index contributed by atoms with van der Waals surface area (Å²) in [5, 5.41) is 2.94. The second-order valence-corrected chi connectivity index (χ2v) is 6.55. The molecule has 0 bridgehead atoms. The molecule has 4 rings (SSSR count). The van der Waals surface area contributed by atoms with Gasteiger partial charge in [-0.25, -0.2) is 9.97 Å². The third-order valence-corrected chi connectivity index (χ3v) is 5.31. The molecule has 0 N–H and O–H groups in total. The smallest absolute Gasteiger partial charge is 0.194 e. The lowest BCUT2D eigenvalue weighted by atomic mass is 10.0. The zero-order valence-electron chi connectivity index (χ0n) is 10.3. The summed E-state index contributed by atoms with van der Waals surface area (Å²) in [6.45, 7) is 2.00. The van der Waals surface area contributed by atoms with Gasteiger partial charge in [-0.15, -0.1) is 22.7 Å². The second kappa shape index (κ2) is 3.98. The van der Waals surface area contributed by atoms with Gasteiger partial charge in [-0.05, 0) is 19.8 Å². The predicted octanol–water partition coefficient (Wildman–Crippen LogP) is 3.35. The number of ketones is 1. The molecule has 3 aromatic heterocycles. The van der Waals surface area contributed by atoms with Crippen LogP contribution in [0, 0.1) is 6.92 Å². The Labute approximate surface area is 117 Å². The van der Waals surface area contributed by atoms with Gasteiger partial charge in [-0.2, -0.15) is 0 Å². The molecule has 0 radical (unpaired) electrons. The lowest BCUT2D eigenvalue weighted by molar-refractivity contribution is 0.0976. The van der Waals surface area contributed by atoms with Crippen molar-refractivity contribution in [3.8, 4) is 10.7 Å². The van der Waals surface area contributed by atoms with Crippen LogP contribution in [0.5, 0.6) is 0 Å². The first-order valence-electron chi connectivity index (χ1n) is 6.19. The average Bonchev–Trinajstić information content (AvgIpc) is 3.02. The lowest BCUT2D eigenvalue weighted by Crippen LogP contribution is -2.07. The molecule has 0 saturated heterocycles. The van der Waals surface area contributed by atoms with E-state index in [0.717, 1.165) is 44.8 Å². The van der Waals surface area contributed by atoms with Gasteiger partial charge in [0.1, 0.15) is 10.7 Å². The van der Waals surface area contributed by atoms with E-state index in [-0.39, 0.29) is 5.78 Å². The number of imidazole rings is 1. The number of carbonyl (C=O) groups excluding carboxylic acids is 1. The summed E-state index contributed by atoms with van der Waals surface area (Å²) in [7, 11) is 0. The van der Waals surface area contributed by atoms with Gasteiger partial charge in [0.15, 0.2) is 10.7 Å². The SMILES string of the molecule is Cc1nc2sccn2c1-c1nc2c(s1)C(=O)CCC2. The highest BCUT2D eigenvalue weighted by molar-refractivity contribution is 7.17. The highest BCUT2D eigenvalue weighted by atomic mass is 32.1. The van der Waals surface area contributed by atoms with E-state index in [1.165, 1.54) is 11.3 Å². The zero-order chi connectivity index (χ0) is 13.0. The van der Waals surface area contributed by atoms with Gasteiger partial charge in [0.2, 0.25) is 0 Å². The Hall–Kier alpha value is -1.53. The van der Waals surface area contributed by atoms with Crippen molar-refractivity contribution in [1.29, 1.82) is 0 Å². The summed E-state index contributed by atoms with van der Waals surface area (Å²) in [6, 6.07) is 0. The van der Waals surface area contributed by atoms with Crippen LogP contribution < -0.4 is 0 Å². The molecule has 0 aliphatic heterocycles. The van der Waals surface area contributed by atoms with Gasteiger partial charge in [0.25, 0.3) is 0 Å². The van der Waals surface area contributed by atoms with Crippen LogP contribution >= 0.6 is 22.7 Å². The van der Waals surface area contributed by atoms with Crippen LogP contribution in [0.3, 0.4) is 0 Å². The number of thiazole rings is 2. The van der Waals surface area contributed by atoms with Crippen molar-refractivity contribution < 1.29 is 4.79 Å². The number of Topliss-reactive ketones (excluding diaryl/α,β-unsaturated/α-hetero) is 1. The molecule has 4 nitrogen and oxygen atoms in total. The summed E-state index contributed by atoms with van der Waals surface area (Å²) >= 11 is 3.13. The van der Waals surface area contributed by atoms with E-state index in [2.05, 4.69) is 14.4 Å². The van der Waals surface area contributed by atoms with Crippen LogP contribution in [0.25, 0.3) is 15.7 Å². The molecular formula is C13H11N3OS2. The minimum absolute atomic E-state index is 0.244. The average molecular weight is 289 g/mol. The van der Waals surface area contributed by atoms with Crippen molar-refractivity contribution in [2.75, 3.05) is 0 Å². The first-order chi connectivity index (χ1) is 9.24. The molecule has 0 fully saturated rings. The summed E-state index contributed by atoms with van der Waals surface area (Å²) in [5.41, 5.74) is 2.98. The normalized spacial score (nSPS) is 15.1. The minimum atomic E-state index is 0.244. The Balaban J connectivity index is 1.95. The highest BCUT2D eigenvalue weighted by Gasteiger charge is 2.24. The van der Waals surface area contributed by atoms with Gasteiger partial charge < -0.3 is 0 Å². The quantitative estimate of drug-likeness (QED) is 0.690. The van der Waals surface area contributed by atoms with Crippen molar-refractivity contribution in [1.82, 2.24) is 14.4 Å². The molecule has 0 saturated carbocycles. The summed E-state index contributed by atoms with van der Waals surface area (Å²) < 4.78 is 2.06. The molecule has 6 heteroatoms. The Morgan fingerprint density at radius 2 is 2.21 bits per heavy atom. The third kappa shape index (κ3) is 1.60. The number of nitrogens with zero attached hydrogens (tertiary/aromatic N) is 3. The molecule has 0 atom stereocenters. The fourth-order valence-electron chi connectivity index (χ4n) is 2.52. The maximum atomic E-state index is 11.9. The lowest BCUT2D eigenvalue weighted by Gasteiger charge is -2.06. The van der Waals surface area contributed by atoms with Gasteiger partial charge in [-0.1, -0.05) is 0 Å². The molecule has 1 aliphatic rings. The molecular weight excluding hydrogens is 278 g/mol. The van der Waals surface area contributed by atoms with E-state index in [0.29, 0.717) is 6.42 Å². The van der Waals surface area contributed by atoms with Crippen molar-refractivity contribution in [2.45, 2.75) is 26.2 Å². The van der Waals surface area contributed by atoms with Crippen molar-refractivity contribution in [3.63, 3.8) is 0 Å². The number of rotatable bonds is 1. The second-order valence-electron chi connectivity index (χ2n) is 4.67. The molecule has 19 heavy (non-hydrogen) atoms. The minimum Gasteiger partial charge on any atom is -0.293 e. The molecule has 0 amide bonds. The molecule has 96 valence electrons. The molecule has 1 aliphatic carbocycles. The van der Waals surface area contributed by atoms with Gasteiger partial charge >= 0.3 is 0 Å². The Morgan fingerprint density at radius 1 is 1.32 bits per heavy atom. The van der Waals surface area contributed by atoms with Gasteiger partial charge in [-0.3, -0.25) is 9.20 Å². The van der Waals surface area contributed by atoms with E-state index in [9.17, 15) is 4.79 Å². The third-order valence-electron chi connectivity index (χ3n) is 3.41. The standard InChI is InChI=1S/C13H11N3OS2/c1-7-10(16-5-6-18-13(16)14-7)12-15-8-3-2-4-9(17)11(8)19-12/h5-6H,2-4H2,1H3. The Morgan fingerprint density at radius 3 is 3.05 bits per heavy atom. The van der Waals surface area contributed by atoms with Crippen molar-refractivity contribution in [2.24, 2.45) is 0 Å². The van der Waals surface area contributed by atoms with Crippen LogP contribution in [-0.4, -0.2) is 20.2 Å². The summed E-state index contributed by atoms with van der Waals surface area (Å²) in [4.78, 5) is 23.0. The van der Waals surface area contributed by atoms with E-state index in [4.69, 9.17) is 0 Å². The highest BCUT2D eigenvalue weighted by Crippen LogP contribution is 2.35. The van der Waals surface area contributed by atoms with Crippen LogP contribution in [-0.2, 0) is 6.42 Å². The predicted molar refractivity (Wildman–Crippen MR) is 76.2 cm³/mol. The largest absolute Gasteiger partial charge is 0.293 e. The van der Waals surface area contributed by atoms with Crippen molar-refractivity contribution in [3.05, 3.63) is 27.8 Å². The first-order valence-corrected chi connectivity index (χ1v) is 7.89. The van der Waals surface area contributed by atoms with E-state index < -0.39 is 0 Å². The van der Waals surface area contributed by atoms with Crippen LogP contribution in [0.4, 0.5) is 0 Å². The monoisotopic (exact) mass is 289 g/mol. The molecule has 3 heterocycles. The van der Waals surface area contributed by atoms with Crippen molar-refractivity contribution >= 4 is 33.4 Å². The maximum Gasteiger partial charge on any atom is 0.194 e.